The molecule has 148 valence electrons. The molecule has 1 aliphatic carbocycles. The van der Waals surface area contributed by atoms with E-state index < -0.39 is 0 Å². The van der Waals surface area contributed by atoms with Gasteiger partial charge in [-0.3, -0.25) is 4.79 Å². The van der Waals surface area contributed by atoms with Crippen LogP contribution in [0.2, 0.25) is 0 Å². The maximum absolute atomic E-state index is 13.0. The highest BCUT2D eigenvalue weighted by Crippen LogP contribution is 2.28. The standard InChI is InChI=1S/C24H29NO3/c1-4-15-25(21-12-11-19-7-5-6-8-20(19)17-21)24(26)14-10-18-9-13-22(27-2)23(16-18)28-3/h5-10,13-14,16,21H,4,11-12,15,17H2,1-3H3/b14-10+. The van der Waals surface area contributed by atoms with Crippen molar-refractivity contribution < 1.29 is 14.3 Å². The number of carbonyl (C=O) groups is 1. The molecule has 0 saturated carbocycles. The van der Waals surface area contributed by atoms with Crippen LogP contribution in [0.25, 0.3) is 6.08 Å². The molecule has 0 saturated heterocycles. The number of rotatable bonds is 7. The van der Waals surface area contributed by atoms with Crippen molar-refractivity contribution >= 4 is 12.0 Å². The number of benzene rings is 2. The Morgan fingerprint density at radius 2 is 1.86 bits per heavy atom. The predicted molar refractivity (Wildman–Crippen MR) is 113 cm³/mol. The lowest BCUT2D eigenvalue weighted by Gasteiger charge is -2.34. The van der Waals surface area contributed by atoms with Crippen molar-refractivity contribution in [3.63, 3.8) is 0 Å². The largest absolute Gasteiger partial charge is 0.493 e. The van der Waals surface area contributed by atoms with Gasteiger partial charge in [0.2, 0.25) is 5.91 Å². The van der Waals surface area contributed by atoms with E-state index in [4.69, 9.17) is 9.47 Å². The molecule has 1 atom stereocenters. The van der Waals surface area contributed by atoms with Gasteiger partial charge in [-0.15, -0.1) is 0 Å². The average molecular weight is 380 g/mol. The van der Waals surface area contributed by atoms with Crippen LogP contribution >= 0.6 is 0 Å². The zero-order chi connectivity index (χ0) is 19.9. The summed E-state index contributed by atoms with van der Waals surface area (Å²) < 4.78 is 10.6. The lowest BCUT2D eigenvalue weighted by atomic mass is 9.87. The quantitative estimate of drug-likeness (QED) is 0.664. The second kappa shape index (κ2) is 9.45. The summed E-state index contributed by atoms with van der Waals surface area (Å²) in [5.41, 5.74) is 3.71. The summed E-state index contributed by atoms with van der Waals surface area (Å²) in [5.74, 6) is 1.41. The minimum atomic E-state index is 0.0704. The number of amides is 1. The number of fused-ring (bicyclic) bond motifs is 1. The van der Waals surface area contributed by atoms with Crippen molar-refractivity contribution in [2.24, 2.45) is 0 Å². The van der Waals surface area contributed by atoms with Crippen LogP contribution in [-0.2, 0) is 17.6 Å². The first-order valence-corrected chi connectivity index (χ1v) is 9.93. The Hall–Kier alpha value is -2.75. The van der Waals surface area contributed by atoms with Crippen LogP contribution in [0.5, 0.6) is 11.5 Å². The molecule has 2 aromatic rings. The van der Waals surface area contributed by atoms with Crippen LogP contribution in [0.3, 0.4) is 0 Å². The fraction of sp³-hybridized carbons (Fsp3) is 0.375. The van der Waals surface area contributed by atoms with Gasteiger partial charge in [0, 0.05) is 18.7 Å². The van der Waals surface area contributed by atoms with Gasteiger partial charge in [-0.25, -0.2) is 0 Å². The number of ether oxygens (including phenoxy) is 2. The number of hydrogen-bond donors (Lipinski definition) is 0. The second-order valence-corrected chi connectivity index (χ2v) is 7.14. The molecule has 4 heteroatoms. The van der Waals surface area contributed by atoms with Crippen LogP contribution < -0.4 is 9.47 Å². The molecule has 2 aromatic carbocycles. The van der Waals surface area contributed by atoms with Gasteiger partial charge >= 0.3 is 0 Å². The summed E-state index contributed by atoms with van der Waals surface area (Å²) in [6.45, 7) is 2.90. The summed E-state index contributed by atoms with van der Waals surface area (Å²) >= 11 is 0. The van der Waals surface area contributed by atoms with Gasteiger partial charge in [0.05, 0.1) is 14.2 Å². The smallest absolute Gasteiger partial charge is 0.246 e. The average Bonchev–Trinajstić information content (AvgIpc) is 2.75. The van der Waals surface area contributed by atoms with Crippen LogP contribution in [0.4, 0.5) is 0 Å². The number of methoxy groups -OCH3 is 2. The van der Waals surface area contributed by atoms with Crippen molar-refractivity contribution in [3.05, 3.63) is 65.2 Å². The number of nitrogens with zero attached hydrogens (tertiary/aromatic N) is 1. The van der Waals surface area contributed by atoms with Gasteiger partial charge in [0.15, 0.2) is 11.5 Å². The van der Waals surface area contributed by atoms with Crippen molar-refractivity contribution in [3.8, 4) is 11.5 Å². The van der Waals surface area contributed by atoms with Gasteiger partial charge in [0.25, 0.3) is 0 Å². The third-order valence-electron chi connectivity index (χ3n) is 5.34. The van der Waals surface area contributed by atoms with E-state index in [0.29, 0.717) is 11.5 Å². The minimum absolute atomic E-state index is 0.0704. The topological polar surface area (TPSA) is 38.8 Å². The zero-order valence-corrected chi connectivity index (χ0v) is 17.0. The minimum Gasteiger partial charge on any atom is -0.493 e. The summed E-state index contributed by atoms with van der Waals surface area (Å²) in [5, 5.41) is 0. The van der Waals surface area contributed by atoms with E-state index in [1.54, 1.807) is 20.3 Å². The Kier molecular flexibility index (Phi) is 6.75. The molecule has 0 fully saturated rings. The maximum Gasteiger partial charge on any atom is 0.246 e. The van der Waals surface area contributed by atoms with Crippen molar-refractivity contribution in [2.45, 2.75) is 38.6 Å². The summed E-state index contributed by atoms with van der Waals surface area (Å²) in [6, 6.07) is 14.5. The molecule has 0 radical (unpaired) electrons. The Labute approximate surface area is 167 Å². The van der Waals surface area contributed by atoms with E-state index in [9.17, 15) is 4.79 Å². The SMILES string of the molecule is CCCN(C(=O)/C=C/c1ccc(OC)c(OC)c1)C1CCc2ccccc2C1. The van der Waals surface area contributed by atoms with E-state index in [1.165, 1.54) is 11.1 Å². The molecule has 0 aromatic heterocycles. The van der Waals surface area contributed by atoms with E-state index in [-0.39, 0.29) is 11.9 Å². The zero-order valence-electron chi connectivity index (χ0n) is 17.0. The Balaban J connectivity index is 1.74. The Morgan fingerprint density at radius 1 is 1.11 bits per heavy atom. The summed E-state index contributed by atoms with van der Waals surface area (Å²) in [4.78, 5) is 15.0. The van der Waals surface area contributed by atoms with E-state index in [2.05, 4.69) is 31.2 Å². The molecule has 28 heavy (non-hydrogen) atoms. The van der Waals surface area contributed by atoms with E-state index in [1.807, 2.05) is 29.2 Å². The number of aryl methyl sites for hydroxylation is 1. The predicted octanol–water partition coefficient (Wildman–Crippen LogP) is 4.51. The first kappa shape index (κ1) is 20.0. The number of carbonyl (C=O) groups excluding carboxylic acids is 1. The molecule has 1 amide bonds. The second-order valence-electron chi connectivity index (χ2n) is 7.14. The highest BCUT2D eigenvalue weighted by atomic mass is 16.5. The van der Waals surface area contributed by atoms with Gasteiger partial charge < -0.3 is 14.4 Å². The van der Waals surface area contributed by atoms with Crippen molar-refractivity contribution in [2.75, 3.05) is 20.8 Å². The van der Waals surface area contributed by atoms with Gasteiger partial charge in [0.1, 0.15) is 0 Å². The molecule has 0 bridgehead atoms. The highest BCUT2D eigenvalue weighted by molar-refractivity contribution is 5.92. The lowest BCUT2D eigenvalue weighted by molar-refractivity contribution is -0.128. The van der Waals surface area contributed by atoms with E-state index >= 15 is 0 Å². The van der Waals surface area contributed by atoms with Gasteiger partial charge in [-0.05, 0) is 60.6 Å². The molecule has 4 nitrogen and oxygen atoms in total. The van der Waals surface area contributed by atoms with Crippen molar-refractivity contribution in [1.82, 2.24) is 4.90 Å². The summed E-state index contributed by atoms with van der Waals surface area (Å²) in [6.07, 6.45) is 7.47. The molecule has 3 rings (SSSR count). The first-order chi connectivity index (χ1) is 13.7. The van der Waals surface area contributed by atoms with Crippen LogP contribution in [0, 0.1) is 0 Å². The monoisotopic (exact) mass is 379 g/mol. The summed E-state index contributed by atoms with van der Waals surface area (Å²) in [7, 11) is 3.22. The van der Waals surface area contributed by atoms with Crippen LogP contribution in [0.15, 0.2) is 48.5 Å². The first-order valence-electron chi connectivity index (χ1n) is 9.93. The fourth-order valence-corrected chi connectivity index (χ4v) is 3.88. The van der Waals surface area contributed by atoms with Crippen molar-refractivity contribution in [1.29, 1.82) is 0 Å². The Bertz CT molecular complexity index is 843. The third-order valence-corrected chi connectivity index (χ3v) is 5.34. The maximum atomic E-state index is 13.0. The fourth-order valence-electron chi connectivity index (χ4n) is 3.88. The molecule has 0 spiro atoms. The van der Waals surface area contributed by atoms with Gasteiger partial charge in [-0.1, -0.05) is 37.3 Å². The Morgan fingerprint density at radius 3 is 2.57 bits per heavy atom. The normalized spacial score (nSPS) is 15.9. The molecule has 0 N–H and O–H groups in total. The molecular weight excluding hydrogens is 350 g/mol. The molecule has 0 aliphatic heterocycles. The van der Waals surface area contributed by atoms with Crippen LogP contribution in [-0.4, -0.2) is 37.6 Å². The highest BCUT2D eigenvalue weighted by Gasteiger charge is 2.26. The van der Waals surface area contributed by atoms with E-state index in [0.717, 1.165) is 37.8 Å². The van der Waals surface area contributed by atoms with Gasteiger partial charge in [-0.2, -0.15) is 0 Å². The molecule has 1 aliphatic rings. The third kappa shape index (κ3) is 4.56. The number of hydrogen-bond acceptors (Lipinski definition) is 3. The lowest BCUT2D eigenvalue weighted by Crippen LogP contribution is -2.43. The van der Waals surface area contributed by atoms with Crippen LogP contribution in [0.1, 0.15) is 36.5 Å². The molecule has 0 heterocycles. The molecule has 1 unspecified atom stereocenters. The molecular formula is C24H29NO3.